The number of fused-ring (bicyclic) bond motifs is 1. The van der Waals surface area contributed by atoms with E-state index in [0.29, 0.717) is 33.4 Å². The highest BCUT2D eigenvalue weighted by Crippen LogP contribution is 2.32. The van der Waals surface area contributed by atoms with Crippen molar-refractivity contribution in [1.82, 2.24) is 30.1 Å². The molecule has 0 spiro atoms. The lowest BCUT2D eigenvalue weighted by molar-refractivity contribution is -0.124. The van der Waals surface area contributed by atoms with Crippen molar-refractivity contribution in [3.05, 3.63) is 40.4 Å². The number of anilines is 1. The Hall–Kier alpha value is -3.57. The first kappa shape index (κ1) is 27.0. The summed E-state index contributed by atoms with van der Waals surface area (Å²) < 4.78 is 1.73. The number of carbonyl (C=O) groups excluding carboxylic acids is 3. The molecule has 1 saturated heterocycles. The highest BCUT2D eigenvalue weighted by atomic mass is 32.1. The van der Waals surface area contributed by atoms with Gasteiger partial charge in [0.05, 0.1) is 28.1 Å². The molecule has 10 nitrogen and oxygen atoms in total. The van der Waals surface area contributed by atoms with Crippen LogP contribution in [0.2, 0.25) is 0 Å². The number of hydrogen-bond donors (Lipinski definition) is 3. The first-order valence-corrected chi connectivity index (χ1v) is 14.5. The number of aromatic nitrogens is 3. The van der Waals surface area contributed by atoms with Crippen LogP contribution in [0.4, 0.5) is 5.82 Å². The van der Waals surface area contributed by atoms with Crippen LogP contribution in [0, 0.1) is 0 Å². The zero-order chi connectivity index (χ0) is 27.5. The molecule has 1 saturated carbocycles. The maximum Gasteiger partial charge on any atom is 0.261 e. The van der Waals surface area contributed by atoms with E-state index in [4.69, 9.17) is 4.98 Å². The van der Waals surface area contributed by atoms with Gasteiger partial charge in [0.2, 0.25) is 5.91 Å². The van der Waals surface area contributed by atoms with Crippen LogP contribution in [-0.2, 0) is 9.59 Å². The van der Waals surface area contributed by atoms with Crippen LogP contribution in [0.15, 0.2) is 30.0 Å². The van der Waals surface area contributed by atoms with Crippen LogP contribution in [0.1, 0.15) is 68.1 Å². The lowest BCUT2D eigenvalue weighted by atomic mass is 10.1. The molecule has 39 heavy (non-hydrogen) atoms. The van der Waals surface area contributed by atoms with Crippen molar-refractivity contribution >= 4 is 46.6 Å². The molecule has 3 N–H and O–H groups in total. The third kappa shape index (κ3) is 6.36. The first-order chi connectivity index (χ1) is 18.8. The molecular weight excluding hydrogens is 514 g/mol. The monoisotopic (exact) mass is 549 g/mol. The number of hydrogen-bond acceptors (Lipinski definition) is 8. The molecule has 1 aliphatic heterocycles. The van der Waals surface area contributed by atoms with Gasteiger partial charge in [0.25, 0.3) is 11.8 Å². The van der Waals surface area contributed by atoms with Gasteiger partial charge in [-0.1, -0.05) is 13.8 Å². The second-order valence-corrected chi connectivity index (χ2v) is 11.3. The summed E-state index contributed by atoms with van der Waals surface area (Å²) in [4.78, 5) is 45.5. The highest BCUT2D eigenvalue weighted by Gasteiger charge is 2.26. The van der Waals surface area contributed by atoms with E-state index in [2.05, 4.69) is 39.8 Å². The molecule has 2 aliphatic rings. The predicted octanol–water partition coefficient (Wildman–Crippen LogP) is 3.70. The average molecular weight is 550 g/mol. The summed E-state index contributed by atoms with van der Waals surface area (Å²) in [6.07, 6.45) is 7.53. The van der Waals surface area contributed by atoms with Crippen molar-refractivity contribution < 1.29 is 14.4 Å². The fraction of sp³-hybridized carbons (Fsp3) is 0.464. The van der Waals surface area contributed by atoms with E-state index in [9.17, 15) is 14.4 Å². The van der Waals surface area contributed by atoms with Gasteiger partial charge in [-0.15, -0.1) is 11.3 Å². The standard InChI is InChI=1S/C28H35N7O3S/c1-4-34(5-2)12-6-7-17(3)30-28(38)23-11-10-22(39-23)21-15-24(31-20-8-9-20)35-26(32-21)19(16-29-35)13-18-14-25(36)33-27(18)37/h10-11,13,15-17,20,31H,4-9,12,14H2,1-3H3,(H,30,38)(H,33,36,37)/b18-13+. The minimum absolute atomic E-state index is 0.0420. The third-order valence-electron chi connectivity index (χ3n) is 7.12. The van der Waals surface area contributed by atoms with Crippen molar-refractivity contribution in [3.63, 3.8) is 0 Å². The third-order valence-corrected chi connectivity index (χ3v) is 8.23. The molecular formula is C28H35N7O3S. The number of rotatable bonds is 12. The maximum atomic E-state index is 13.0. The van der Waals surface area contributed by atoms with E-state index in [0.717, 1.165) is 56.0 Å². The molecule has 1 atom stereocenters. The number of carbonyl (C=O) groups is 3. The Morgan fingerprint density at radius 2 is 2.08 bits per heavy atom. The van der Waals surface area contributed by atoms with E-state index in [-0.39, 0.29) is 30.2 Å². The summed E-state index contributed by atoms with van der Waals surface area (Å²) in [7, 11) is 0. The molecule has 3 amide bonds. The topological polar surface area (TPSA) is 121 Å². The Labute approximate surface area is 231 Å². The van der Waals surface area contributed by atoms with Gasteiger partial charge in [0.15, 0.2) is 5.65 Å². The predicted molar refractivity (Wildman–Crippen MR) is 153 cm³/mol. The van der Waals surface area contributed by atoms with E-state index < -0.39 is 0 Å². The SMILES string of the molecule is CCN(CC)CCCC(C)NC(=O)c1ccc(-c2cc(NC3CC3)n3ncc(/C=C4\CC(=O)NC4=O)c3n2)s1. The molecule has 5 rings (SSSR count). The minimum atomic E-state index is -0.386. The van der Waals surface area contributed by atoms with Crippen LogP contribution >= 0.6 is 11.3 Å². The van der Waals surface area contributed by atoms with Crippen LogP contribution < -0.4 is 16.0 Å². The fourth-order valence-corrected chi connectivity index (χ4v) is 5.55. The highest BCUT2D eigenvalue weighted by molar-refractivity contribution is 7.17. The van der Waals surface area contributed by atoms with Gasteiger partial charge in [-0.3, -0.25) is 19.7 Å². The van der Waals surface area contributed by atoms with Crippen LogP contribution in [0.25, 0.3) is 22.3 Å². The lowest BCUT2D eigenvalue weighted by Gasteiger charge is -2.19. The van der Waals surface area contributed by atoms with Gasteiger partial charge < -0.3 is 15.5 Å². The van der Waals surface area contributed by atoms with Gasteiger partial charge in [-0.2, -0.15) is 9.61 Å². The molecule has 0 aromatic carbocycles. The van der Waals surface area contributed by atoms with Crippen LogP contribution in [0.5, 0.6) is 0 Å². The van der Waals surface area contributed by atoms with E-state index in [1.807, 2.05) is 25.1 Å². The van der Waals surface area contributed by atoms with E-state index in [1.165, 1.54) is 11.3 Å². The summed E-state index contributed by atoms with van der Waals surface area (Å²) in [5.74, 6) is 0.0269. The molecule has 0 bridgehead atoms. The smallest absolute Gasteiger partial charge is 0.261 e. The fourth-order valence-electron chi connectivity index (χ4n) is 4.68. The number of nitrogens with one attached hydrogen (secondary N) is 3. The van der Waals surface area contributed by atoms with Crippen molar-refractivity contribution in [2.24, 2.45) is 0 Å². The minimum Gasteiger partial charge on any atom is -0.367 e. The zero-order valence-electron chi connectivity index (χ0n) is 22.6. The Bertz CT molecular complexity index is 1420. The molecule has 1 aliphatic carbocycles. The molecule has 2 fully saturated rings. The largest absolute Gasteiger partial charge is 0.367 e. The Morgan fingerprint density at radius 1 is 1.28 bits per heavy atom. The Kier molecular flexibility index (Phi) is 8.08. The summed E-state index contributed by atoms with van der Waals surface area (Å²) in [6, 6.07) is 6.18. The molecule has 1 unspecified atom stereocenters. The number of imide groups is 1. The van der Waals surface area contributed by atoms with Gasteiger partial charge in [-0.25, -0.2) is 4.98 Å². The number of nitrogens with zero attached hydrogens (tertiary/aromatic N) is 4. The van der Waals surface area contributed by atoms with Crippen LogP contribution in [-0.4, -0.2) is 68.9 Å². The lowest BCUT2D eigenvalue weighted by Crippen LogP contribution is -2.33. The summed E-state index contributed by atoms with van der Waals surface area (Å²) in [6.45, 7) is 9.51. The summed E-state index contributed by atoms with van der Waals surface area (Å²) in [5.41, 5.74) is 2.34. The molecule has 0 radical (unpaired) electrons. The number of amides is 3. The van der Waals surface area contributed by atoms with Crippen molar-refractivity contribution in [1.29, 1.82) is 0 Å². The second kappa shape index (κ2) is 11.7. The normalized spacial score (nSPS) is 17.3. The maximum absolute atomic E-state index is 13.0. The summed E-state index contributed by atoms with van der Waals surface area (Å²) in [5, 5.41) is 13.5. The zero-order valence-corrected chi connectivity index (χ0v) is 23.4. The number of thiophene rings is 1. The molecule has 3 aromatic heterocycles. The first-order valence-electron chi connectivity index (χ1n) is 13.7. The van der Waals surface area contributed by atoms with Crippen LogP contribution in [0.3, 0.4) is 0 Å². The van der Waals surface area contributed by atoms with Crippen molar-refractivity contribution in [2.45, 2.75) is 65.0 Å². The van der Waals surface area contributed by atoms with Gasteiger partial charge in [0.1, 0.15) is 5.82 Å². The Morgan fingerprint density at radius 3 is 2.77 bits per heavy atom. The van der Waals surface area contributed by atoms with E-state index >= 15 is 0 Å². The summed E-state index contributed by atoms with van der Waals surface area (Å²) >= 11 is 1.40. The molecule has 4 heterocycles. The van der Waals surface area contributed by atoms with Gasteiger partial charge >= 0.3 is 0 Å². The van der Waals surface area contributed by atoms with Gasteiger partial charge in [0, 0.05) is 29.3 Å². The quantitative estimate of drug-likeness (QED) is 0.233. The Balaban J connectivity index is 1.35. The van der Waals surface area contributed by atoms with E-state index in [1.54, 1.807) is 16.8 Å². The van der Waals surface area contributed by atoms with Crippen molar-refractivity contribution in [2.75, 3.05) is 25.0 Å². The van der Waals surface area contributed by atoms with Crippen molar-refractivity contribution in [3.8, 4) is 10.6 Å². The molecule has 11 heteroatoms. The molecule has 3 aromatic rings. The second-order valence-electron chi connectivity index (χ2n) is 10.2. The molecule has 206 valence electrons. The average Bonchev–Trinajstić information content (AvgIpc) is 3.29. The van der Waals surface area contributed by atoms with Gasteiger partial charge in [-0.05, 0) is 70.5 Å².